The Morgan fingerprint density at radius 3 is 2.57 bits per heavy atom. The minimum Gasteiger partial charge on any atom is -0.494 e. The number of benzene rings is 2. The summed E-state index contributed by atoms with van der Waals surface area (Å²) in [6.07, 6.45) is 0. The molecule has 1 N–H and O–H groups in total. The second-order valence-corrected chi connectivity index (χ2v) is 9.82. The smallest absolute Gasteiger partial charge is 0.273 e. The first kappa shape index (κ1) is 24.9. The van der Waals surface area contributed by atoms with E-state index in [9.17, 15) is 9.18 Å². The molecule has 0 amide bonds. The van der Waals surface area contributed by atoms with Gasteiger partial charge in [-0.25, -0.2) is 4.39 Å². The number of anilines is 1. The first-order valence-corrected chi connectivity index (χ1v) is 12.2. The average Bonchev–Trinajstić information content (AvgIpc) is 3.31. The number of H-pyrrole nitrogens is 1. The molecule has 1 unspecified atom stereocenters. The van der Waals surface area contributed by atoms with Gasteiger partial charge in [-0.05, 0) is 45.2 Å². The maximum absolute atomic E-state index is 14.7. The van der Waals surface area contributed by atoms with E-state index in [0.29, 0.717) is 16.7 Å². The highest BCUT2D eigenvalue weighted by Gasteiger charge is 2.36. The van der Waals surface area contributed by atoms with Crippen LogP contribution >= 0.6 is 0 Å². The number of rotatable bonds is 6. The molecule has 3 heterocycles. The van der Waals surface area contributed by atoms with Gasteiger partial charge in [-0.3, -0.25) is 14.8 Å². The van der Waals surface area contributed by atoms with Gasteiger partial charge in [-0.2, -0.15) is 14.9 Å². The molecule has 2 aromatic carbocycles. The van der Waals surface area contributed by atoms with Crippen molar-refractivity contribution in [2.75, 3.05) is 45.8 Å². The van der Waals surface area contributed by atoms with Gasteiger partial charge in [-0.15, -0.1) is 0 Å². The van der Waals surface area contributed by atoms with Gasteiger partial charge < -0.3 is 14.4 Å². The molecule has 4 aromatic rings. The summed E-state index contributed by atoms with van der Waals surface area (Å²) >= 11 is 0. The van der Waals surface area contributed by atoms with Crippen LogP contribution in [0.3, 0.4) is 0 Å². The van der Waals surface area contributed by atoms with E-state index in [-0.39, 0.29) is 23.1 Å². The molecule has 0 saturated carbocycles. The molecule has 0 radical (unpaired) electrons. The second kappa shape index (κ2) is 9.60. The summed E-state index contributed by atoms with van der Waals surface area (Å²) in [6, 6.07) is 14.1. The lowest BCUT2D eigenvalue weighted by molar-refractivity contribution is -0.0487. The van der Waals surface area contributed by atoms with E-state index in [1.807, 2.05) is 12.1 Å². The Labute approximate surface area is 214 Å². The number of aromatic nitrogens is 4. The summed E-state index contributed by atoms with van der Waals surface area (Å²) in [5.74, 6) is -0.393. The van der Waals surface area contributed by atoms with Gasteiger partial charge in [0.05, 0.1) is 24.3 Å². The predicted octanol–water partition coefficient (Wildman–Crippen LogP) is 3.47. The third-order valence-electron chi connectivity index (χ3n) is 7.31. The molecule has 37 heavy (non-hydrogen) atoms. The van der Waals surface area contributed by atoms with Crippen LogP contribution < -0.4 is 15.2 Å². The van der Waals surface area contributed by atoms with E-state index in [2.05, 4.69) is 58.1 Å². The average molecular weight is 507 g/mol. The Hall–Kier alpha value is -3.76. The molecule has 0 aliphatic carbocycles. The Bertz CT molecular complexity index is 1480. The maximum Gasteiger partial charge on any atom is 0.273 e. The van der Waals surface area contributed by atoms with Crippen molar-refractivity contribution < 1.29 is 13.9 Å². The zero-order valence-corrected chi connectivity index (χ0v) is 21.7. The van der Waals surface area contributed by atoms with E-state index in [4.69, 9.17) is 9.47 Å². The summed E-state index contributed by atoms with van der Waals surface area (Å²) in [5.41, 5.74) is 2.63. The monoisotopic (exact) mass is 506 g/mol. The van der Waals surface area contributed by atoms with Crippen LogP contribution in [0.5, 0.6) is 5.75 Å². The van der Waals surface area contributed by atoms with Crippen molar-refractivity contribution in [1.82, 2.24) is 24.9 Å². The highest BCUT2D eigenvalue weighted by atomic mass is 19.1. The molecule has 5 rings (SSSR count). The molecule has 194 valence electrons. The Morgan fingerprint density at radius 1 is 1.11 bits per heavy atom. The quantitative estimate of drug-likeness (QED) is 0.428. The summed E-state index contributed by atoms with van der Waals surface area (Å²) in [6.45, 7) is 6.93. The van der Waals surface area contributed by atoms with Gasteiger partial charge in [0.2, 0.25) is 0 Å². The van der Waals surface area contributed by atoms with Gasteiger partial charge in [0.25, 0.3) is 5.56 Å². The fraction of sp³-hybridized carbons (Fsp3) is 0.370. The van der Waals surface area contributed by atoms with Crippen LogP contribution in [-0.4, -0.2) is 77.4 Å². The van der Waals surface area contributed by atoms with Gasteiger partial charge in [0.1, 0.15) is 22.6 Å². The van der Waals surface area contributed by atoms with Crippen LogP contribution in [0.15, 0.2) is 53.3 Å². The van der Waals surface area contributed by atoms with Gasteiger partial charge in [0, 0.05) is 44.1 Å². The number of nitrogens with one attached hydrogen (secondary N) is 1. The first-order chi connectivity index (χ1) is 17.7. The molecule has 0 spiro atoms. The highest BCUT2D eigenvalue weighted by Crippen LogP contribution is 2.30. The van der Waals surface area contributed by atoms with Gasteiger partial charge >= 0.3 is 0 Å². The summed E-state index contributed by atoms with van der Waals surface area (Å²) in [7, 11) is 5.31. The molecule has 1 fully saturated rings. The van der Waals surface area contributed by atoms with Crippen molar-refractivity contribution in [3.05, 3.63) is 64.7 Å². The normalized spacial score (nSPS) is 16.9. The summed E-state index contributed by atoms with van der Waals surface area (Å²) < 4.78 is 26.8. The van der Waals surface area contributed by atoms with Crippen LogP contribution in [-0.2, 0) is 4.74 Å². The number of ether oxygens (including phenoxy) is 2. The number of methoxy groups -OCH3 is 2. The Kier molecular flexibility index (Phi) is 6.47. The number of fused-ring (bicyclic) bond motifs is 1. The van der Waals surface area contributed by atoms with Crippen LogP contribution in [0.2, 0.25) is 0 Å². The number of para-hydroxylation sites is 1. The lowest BCUT2D eigenvalue weighted by atomic mass is 9.94. The largest absolute Gasteiger partial charge is 0.494 e. The molecular formula is C27H31FN6O3. The predicted molar refractivity (Wildman–Crippen MR) is 141 cm³/mol. The molecule has 1 aliphatic heterocycles. The minimum atomic E-state index is -0.607. The number of halogens is 1. The fourth-order valence-corrected chi connectivity index (χ4v) is 4.94. The van der Waals surface area contributed by atoms with E-state index >= 15 is 0 Å². The molecule has 9 nitrogen and oxygen atoms in total. The molecule has 1 saturated heterocycles. The fourth-order valence-electron chi connectivity index (χ4n) is 4.94. The van der Waals surface area contributed by atoms with Crippen LogP contribution in [0.1, 0.15) is 13.8 Å². The van der Waals surface area contributed by atoms with Crippen LogP contribution in [0, 0.1) is 5.82 Å². The van der Waals surface area contributed by atoms with Gasteiger partial charge in [-0.1, -0.05) is 18.2 Å². The van der Waals surface area contributed by atoms with E-state index in [1.165, 1.54) is 25.3 Å². The minimum absolute atomic E-state index is 0.0389. The third-order valence-corrected chi connectivity index (χ3v) is 7.31. The molecule has 1 atom stereocenters. The van der Waals surface area contributed by atoms with Crippen molar-refractivity contribution in [1.29, 1.82) is 0 Å². The molecular weight excluding hydrogens is 475 g/mol. The summed E-state index contributed by atoms with van der Waals surface area (Å²) in [5, 5.41) is 11.8. The number of piperazine rings is 1. The van der Waals surface area contributed by atoms with Crippen LogP contribution in [0.25, 0.3) is 28.0 Å². The van der Waals surface area contributed by atoms with Crippen molar-refractivity contribution in [3.63, 3.8) is 0 Å². The van der Waals surface area contributed by atoms with E-state index < -0.39 is 11.4 Å². The zero-order valence-electron chi connectivity index (χ0n) is 21.7. The van der Waals surface area contributed by atoms with Gasteiger partial charge in [0.15, 0.2) is 5.82 Å². The Morgan fingerprint density at radius 2 is 1.86 bits per heavy atom. The SMILES string of the molecule is COc1cccc(F)c1-n1nc2c(-c3ccc(N4CCN(C)C(C(C)(C)OC)C4)cc3)n[nH]c2cc1=O. The van der Waals surface area contributed by atoms with Crippen molar-refractivity contribution in [2.24, 2.45) is 0 Å². The third kappa shape index (κ3) is 4.47. The molecule has 1 aliphatic rings. The lowest BCUT2D eigenvalue weighted by Gasteiger charge is -2.47. The first-order valence-electron chi connectivity index (χ1n) is 12.2. The molecule has 2 aromatic heterocycles. The maximum atomic E-state index is 14.7. The number of likely N-dealkylation sites (N-methyl/N-ethyl adjacent to an activating group) is 1. The highest BCUT2D eigenvalue weighted by molar-refractivity contribution is 5.89. The lowest BCUT2D eigenvalue weighted by Crippen LogP contribution is -2.60. The van der Waals surface area contributed by atoms with Crippen LogP contribution in [0.4, 0.5) is 10.1 Å². The van der Waals surface area contributed by atoms with E-state index in [1.54, 1.807) is 13.2 Å². The van der Waals surface area contributed by atoms with E-state index in [0.717, 1.165) is 35.6 Å². The van der Waals surface area contributed by atoms with Crippen molar-refractivity contribution >= 4 is 16.7 Å². The topological polar surface area (TPSA) is 88.5 Å². The van der Waals surface area contributed by atoms with Crippen molar-refractivity contribution in [2.45, 2.75) is 25.5 Å². The number of hydrogen-bond acceptors (Lipinski definition) is 7. The standard InChI is InChI=1S/C27H31FN6O3/c1-27(2,37-5)22-16-33(14-13-32(22)3)18-11-9-17(10-12-18)24-25-20(29-30-24)15-23(35)34(31-25)26-19(28)7-6-8-21(26)36-4/h6-12,15,22,29H,13-14,16H2,1-5H3. The number of nitrogens with zero attached hydrogens (tertiary/aromatic N) is 5. The number of hydrogen-bond donors (Lipinski definition) is 1. The molecule has 10 heteroatoms. The number of aromatic amines is 1. The Balaban J connectivity index is 1.49. The zero-order chi connectivity index (χ0) is 26.3. The second-order valence-electron chi connectivity index (χ2n) is 9.82. The van der Waals surface area contributed by atoms with Crippen molar-refractivity contribution in [3.8, 4) is 22.7 Å². The molecule has 0 bridgehead atoms. The summed E-state index contributed by atoms with van der Waals surface area (Å²) in [4.78, 5) is 17.5.